The van der Waals surface area contributed by atoms with Crippen LogP contribution in [0.4, 0.5) is 5.69 Å². The summed E-state index contributed by atoms with van der Waals surface area (Å²) in [4.78, 5) is 22.4. The first-order chi connectivity index (χ1) is 8.13. The molecule has 0 radical (unpaired) electrons. The number of carbonyl (C=O) groups is 2. The van der Waals surface area contributed by atoms with Crippen molar-refractivity contribution in [1.29, 1.82) is 0 Å². The number of amides is 1. The van der Waals surface area contributed by atoms with Crippen LogP contribution in [0.5, 0.6) is 0 Å². The largest absolute Gasteiger partial charge is 0.452 e. The fraction of sp³-hybridized carbons (Fsp3) is 0.167. The van der Waals surface area contributed by atoms with E-state index in [1.165, 1.54) is 12.2 Å². The molecule has 0 heterocycles. The van der Waals surface area contributed by atoms with Crippen molar-refractivity contribution in [2.24, 2.45) is 0 Å². The molecule has 0 aliphatic heterocycles. The molecule has 1 aromatic carbocycles. The fourth-order valence-electron chi connectivity index (χ4n) is 1.07. The number of carbonyl (C=O) groups excluding carboxylic acids is 2. The van der Waals surface area contributed by atoms with E-state index in [0.717, 1.165) is 0 Å². The lowest BCUT2D eigenvalue weighted by Crippen LogP contribution is -2.20. The summed E-state index contributed by atoms with van der Waals surface area (Å²) in [6.07, 6.45) is 2.77. The van der Waals surface area contributed by atoms with Gasteiger partial charge in [0.2, 0.25) is 0 Å². The van der Waals surface area contributed by atoms with Gasteiger partial charge in [0.15, 0.2) is 6.61 Å². The second kappa shape index (κ2) is 6.70. The van der Waals surface area contributed by atoms with Crippen LogP contribution in [-0.2, 0) is 14.3 Å². The van der Waals surface area contributed by atoms with Crippen LogP contribution in [0.2, 0.25) is 5.02 Å². The van der Waals surface area contributed by atoms with Crippen molar-refractivity contribution < 1.29 is 14.3 Å². The lowest BCUT2D eigenvalue weighted by Gasteiger charge is -2.06. The number of para-hydroxylation sites is 1. The molecule has 1 amide bonds. The molecule has 90 valence electrons. The van der Waals surface area contributed by atoms with E-state index < -0.39 is 11.9 Å². The summed E-state index contributed by atoms with van der Waals surface area (Å²) in [7, 11) is 0. The Hall–Kier alpha value is -1.81. The van der Waals surface area contributed by atoms with Crippen molar-refractivity contribution >= 4 is 29.2 Å². The Morgan fingerprint density at radius 1 is 1.41 bits per heavy atom. The van der Waals surface area contributed by atoms with Gasteiger partial charge in [-0.25, -0.2) is 4.79 Å². The quantitative estimate of drug-likeness (QED) is 0.662. The Balaban J connectivity index is 2.45. The molecule has 0 aliphatic carbocycles. The Morgan fingerprint density at radius 3 is 2.76 bits per heavy atom. The first kappa shape index (κ1) is 13.3. The van der Waals surface area contributed by atoms with Crippen molar-refractivity contribution in [2.45, 2.75) is 6.92 Å². The third kappa shape index (κ3) is 4.70. The molecule has 0 spiro atoms. The minimum absolute atomic E-state index is 0.339. The normalized spacial score (nSPS) is 10.2. The highest BCUT2D eigenvalue weighted by molar-refractivity contribution is 6.33. The number of ether oxygens (including phenoxy) is 1. The number of anilines is 1. The predicted molar refractivity (Wildman–Crippen MR) is 65.9 cm³/mol. The summed E-state index contributed by atoms with van der Waals surface area (Å²) in [5, 5.41) is 2.97. The number of allylic oxidation sites excluding steroid dienone is 1. The lowest BCUT2D eigenvalue weighted by atomic mass is 10.3. The molecule has 4 nitrogen and oxygen atoms in total. The average Bonchev–Trinajstić information content (AvgIpc) is 2.30. The number of esters is 1. The molecule has 0 saturated carbocycles. The molecule has 0 fully saturated rings. The van der Waals surface area contributed by atoms with Crippen LogP contribution < -0.4 is 5.32 Å². The Labute approximate surface area is 104 Å². The minimum Gasteiger partial charge on any atom is -0.452 e. The van der Waals surface area contributed by atoms with Crippen LogP contribution in [0.25, 0.3) is 0 Å². The standard InChI is InChI=1S/C12H12ClNO3/c1-2-5-12(16)17-8-11(15)14-10-7-4-3-6-9(10)13/h2-7H,8H2,1H3,(H,14,15)/b5-2+. The lowest BCUT2D eigenvalue weighted by molar-refractivity contribution is -0.142. The number of hydrogen-bond donors (Lipinski definition) is 1. The zero-order valence-electron chi connectivity index (χ0n) is 9.27. The third-order valence-corrected chi connectivity index (χ3v) is 2.13. The van der Waals surface area contributed by atoms with Gasteiger partial charge in [0.1, 0.15) is 0 Å². The van der Waals surface area contributed by atoms with Crippen LogP contribution >= 0.6 is 11.6 Å². The van der Waals surface area contributed by atoms with E-state index in [1.807, 2.05) is 0 Å². The van der Waals surface area contributed by atoms with Crippen LogP contribution in [0, 0.1) is 0 Å². The Morgan fingerprint density at radius 2 is 2.12 bits per heavy atom. The summed E-state index contributed by atoms with van der Waals surface area (Å²) in [5.74, 6) is -0.988. The molecular weight excluding hydrogens is 242 g/mol. The summed E-state index contributed by atoms with van der Waals surface area (Å²) >= 11 is 5.85. The summed E-state index contributed by atoms with van der Waals surface area (Å²) < 4.78 is 4.68. The van der Waals surface area contributed by atoms with Gasteiger partial charge in [-0.1, -0.05) is 29.8 Å². The van der Waals surface area contributed by atoms with Crippen LogP contribution in [0.3, 0.4) is 0 Å². The van der Waals surface area contributed by atoms with E-state index in [9.17, 15) is 9.59 Å². The highest BCUT2D eigenvalue weighted by atomic mass is 35.5. The highest BCUT2D eigenvalue weighted by Gasteiger charge is 2.07. The maximum Gasteiger partial charge on any atom is 0.330 e. The van der Waals surface area contributed by atoms with Crippen molar-refractivity contribution in [1.82, 2.24) is 0 Å². The SMILES string of the molecule is C/C=C/C(=O)OCC(=O)Nc1ccccc1Cl. The van der Waals surface area contributed by atoms with E-state index in [1.54, 1.807) is 31.2 Å². The molecule has 17 heavy (non-hydrogen) atoms. The first-order valence-electron chi connectivity index (χ1n) is 4.97. The second-order valence-corrected chi connectivity index (χ2v) is 3.54. The maximum atomic E-state index is 11.4. The zero-order valence-corrected chi connectivity index (χ0v) is 10.0. The summed E-state index contributed by atoms with van der Waals surface area (Å²) in [6, 6.07) is 6.81. The summed E-state index contributed by atoms with van der Waals surface area (Å²) in [6.45, 7) is 1.35. The summed E-state index contributed by atoms with van der Waals surface area (Å²) in [5.41, 5.74) is 0.487. The van der Waals surface area contributed by atoms with Crippen molar-refractivity contribution in [3.8, 4) is 0 Å². The molecule has 0 bridgehead atoms. The van der Waals surface area contributed by atoms with Gasteiger partial charge in [-0.15, -0.1) is 0 Å². The zero-order chi connectivity index (χ0) is 12.7. The van der Waals surface area contributed by atoms with E-state index in [2.05, 4.69) is 10.1 Å². The van der Waals surface area contributed by atoms with Crippen LogP contribution in [0.15, 0.2) is 36.4 Å². The van der Waals surface area contributed by atoms with E-state index in [4.69, 9.17) is 11.6 Å². The van der Waals surface area contributed by atoms with E-state index >= 15 is 0 Å². The molecule has 0 unspecified atom stereocenters. The van der Waals surface area contributed by atoms with Crippen molar-refractivity contribution in [2.75, 3.05) is 11.9 Å². The molecular formula is C12H12ClNO3. The second-order valence-electron chi connectivity index (χ2n) is 3.14. The van der Waals surface area contributed by atoms with Crippen LogP contribution in [0.1, 0.15) is 6.92 Å². The highest BCUT2D eigenvalue weighted by Crippen LogP contribution is 2.20. The number of nitrogens with one attached hydrogen (secondary N) is 1. The smallest absolute Gasteiger partial charge is 0.330 e. The number of halogens is 1. The van der Waals surface area contributed by atoms with Crippen LogP contribution in [-0.4, -0.2) is 18.5 Å². The monoisotopic (exact) mass is 253 g/mol. The molecule has 0 atom stereocenters. The molecule has 5 heteroatoms. The fourth-order valence-corrected chi connectivity index (χ4v) is 1.25. The maximum absolute atomic E-state index is 11.4. The van der Waals surface area contributed by atoms with E-state index in [0.29, 0.717) is 10.7 Å². The molecule has 1 aromatic rings. The van der Waals surface area contributed by atoms with E-state index in [-0.39, 0.29) is 6.61 Å². The average molecular weight is 254 g/mol. The third-order valence-electron chi connectivity index (χ3n) is 1.80. The molecule has 0 aromatic heterocycles. The molecule has 1 N–H and O–H groups in total. The van der Waals surface area contributed by atoms with Crippen molar-refractivity contribution in [3.63, 3.8) is 0 Å². The van der Waals surface area contributed by atoms with Gasteiger partial charge in [-0.3, -0.25) is 4.79 Å². The van der Waals surface area contributed by atoms with Gasteiger partial charge in [0, 0.05) is 6.08 Å². The number of hydrogen-bond acceptors (Lipinski definition) is 3. The molecule has 0 aliphatic rings. The number of rotatable bonds is 4. The van der Waals surface area contributed by atoms with Gasteiger partial charge >= 0.3 is 5.97 Å². The first-order valence-corrected chi connectivity index (χ1v) is 5.35. The Bertz CT molecular complexity index is 443. The van der Waals surface area contributed by atoms with Gasteiger partial charge in [-0.2, -0.15) is 0 Å². The van der Waals surface area contributed by atoms with Crippen molar-refractivity contribution in [3.05, 3.63) is 41.4 Å². The number of benzene rings is 1. The minimum atomic E-state index is -0.554. The predicted octanol–water partition coefficient (Wildman–Crippen LogP) is 2.40. The van der Waals surface area contributed by atoms with Gasteiger partial charge < -0.3 is 10.1 Å². The molecule has 0 saturated heterocycles. The Kier molecular flexibility index (Phi) is 5.23. The molecule has 1 rings (SSSR count). The van der Waals surface area contributed by atoms with Gasteiger partial charge in [-0.05, 0) is 19.1 Å². The van der Waals surface area contributed by atoms with Gasteiger partial charge in [0.25, 0.3) is 5.91 Å². The van der Waals surface area contributed by atoms with Gasteiger partial charge in [0.05, 0.1) is 10.7 Å². The topological polar surface area (TPSA) is 55.4 Å².